The average Bonchev–Trinajstić information content (AvgIpc) is 2.89. The molecule has 2 aliphatic carbocycles. The van der Waals surface area contributed by atoms with Crippen LogP contribution in [-0.2, 0) is 4.79 Å². The minimum atomic E-state index is -0.496. The van der Waals surface area contributed by atoms with E-state index in [1.165, 1.54) is 69.5 Å². The number of likely N-dealkylation sites (N-methyl/N-ethyl adjacent to an activating group) is 1. The molecule has 39 heavy (non-hydrogen) atoms. The molecule has 5 rings (SSSR count). The molecule has 1 heterocycles. The summed E-state index contributed by atoms with van der Waals surface area (Å²) in [5.41, 5.74) is 2.32. The van der Waals surface area contributed by atoms with Crippen molar-refractivity contribution in [1.29, 1.82) is 0 Å². The van der Waals surface area contributed by atoms with Crippen LogP contribution in [0.4, 0.5) is 21.6 Å². The minimum absolute atomic E-state index is 0.0116. The molecule has 206 valence electrons. The Labute approximate surface area is 233 Å². The van der Waals surface area contributed by atoms with Crippen LogP contribution in [0.3, 0.4) is 0 Å². The van der Waals surface area contributed by atoms with E-state index in [0.717, 1.165) is 0 Å². The first kappa shape index (κ1) is 27.3. The molecule has 0 bridgehead atoms. The number of hydrogen-bond acceptors (Lipinski definition) is 6. The Kier molecular flexibility index (Phi) is 8.33. The van der Waals surface area contributed by atoms with Crippen molar-refractivity contribution in [2.24, 2.45) is 11.3 Å². The average molecular weight is 552 g/mol. The van der Waals surface area contributed by atoms with Crippen molar-refractivity contribution in [2.75, 3.05) is 37.9 Å². The van der Waals surface area contributed by atoms with E-state index in [0.29, 0.717) is 58.3 Å². The van der Waals surface area contributed by atoms with E-state index in [1.54, 1.807) is 6.07 Å². The lowest BCUT2D eigenvalue weighted by molar-refractivity contribution is -0.111. The SMILES string of the molecule is CN(C)C/C=C/C(=O)Nc1cc2c(Nc3ccc(F)c(Cl)c3)ncnc2cc1OCC1CC2(CCCCC2)C1. The van der Waals surface area contributed by atoms with E-state index in [9.17, 15) is 9.18 Å². The van der Waals surface area contributed by atoms with Gasteiger partial charge in [-0.3, -0.25) is 4.79 Å². The Morgan fingerprint density at radius 1 is 1.18 bits per heavy atom. The quantitative estimate of drug-likeness (QED) is 0.280. The Bertz CT molecular complexity index is 1360. The molecule has 1 spiro atoms. The van der Waals surface area contributed by atoms with E-state index in [2.05, 4.69) is 20.6 Å². The molecule has 0 radical (unpaired) electrons. The maximum Gasteiger partial charge on any atom is 0.248 e. The number of ether oxygens (including phenoxy) is 1. The minimum Gasteiger partial charge on any atom is -0.491 e. The van der Waals surface area contributed by atoms with Gasteiger partial charge in [0.1, 0.15) is 23.7 Å². The summed E-state index contributed by atoms with van der Waals surface area (Å²) in [6, 6.07) is 8.04. The standard InChI is InChI=1S/C30H35ClFN5O2/c1-37(2)12-6-7-28(38)36-26-14-22-25(33-19-34-29(22)35-21-8-9-24(32)23(31)13-21)15-27(26)39-18-20-16-30(17-20)10-4-3-5-11-30/h6-9,13-15,19-20H,3-5,10-12,16-18H2,1-2H3,(H,36,38)(H,33,34,35)/b7-6+. The van der Waals surface area contributed by atoms with Crippen LogP contribution >= 0.6 is 11.6 Å². The lowest BCUT2D eigenvalue weighted by Gasteiger charge is -2.50. The Hall–Kier alpha value is -3.23. The molecule has 0 aliphatic heterocycles. The van der Waals surface area contributed by atoms with Crippen molar-refractivity contribution in [3.63, 3.8) is 0 Å². The molecular weight excluding hydrogens is 517 g/mol. The van der Waals surface area contributed by atoms with Crippen molar-refractivity contribution in [1.82, 2.24) is 14.9 Å². The van der Waals surface area contributed by atoms with Gasteiger partial charge in [0, 0.05) is 29.8 Å². The second kappa shape index (κ2) is 11.9. The van der Waals surface area contributed by atoms with Crippen molar-refractivity contribution < 1.29 is 13.9 Å². The van der Waals surface area contributed by atoms with E-state index >= 15 is 0 Å². The van der Waals surface area contributed by atoms with E-state index in [-0.39, 0.29) is 10.9 Å². The molecule has 0 atom stereocenters. The Balaban J connectivity index is 1.39. The van der Waals surface area contributed by atoms with Crippen LogP contribution in [0, 0.1) is 17.2 Å². The summed E-state index contributed by atoms with van der Waals surface area (Å²) in [5, 5.41) is 6.86. The highest BCUT2D eigenvalue weighted by Gasteiger charge is 2.44. The number of nitrogens with one attached hydrogen (secondary N) is 2. The number of rotatable bonds is 9. The molecule has 1 aromatic heterocycles. The van der Waals surface area contributed by atoms with Gasteiger partial charge in [-0.2, -0.15) is 0 Å². The molecule has 7 nitrogen and oxygen atoms in total. The molecule has 2 fully saturated rings. The highest BCUT2D eigenvalue weighted by molar-refractivity contribution is 6.31. The van der Waals surface area contributed by atoms with Crippen molar-refractivity contribution >= 4 is 45.6 Å². The number of halogens is 2. The molecule has 9 heteroatoms. The van der Waals surface area contributed by atoms with Gasteiger partial charge >= 0.3 is 0 Å². The molecule has 1 amide bonds. The summed E-state index contributed by atoms with van der Waals surface area (Å²) < 4.78 is 20.0. The molecule has 0 saturated heterocycles. The lowest BCUT2D eigenvalue weighted by atomic mass is 9.56. The number of benzene rings is 2. The molecule has 3 aromatic rings. The fourth-order valence-corrected chi connectivity index (χ4v) is 6.04. The molecule has 2 N–H and O–H groups in total. The normalized spacial score (nSPS) is 17.1. The Morgan fingerprint density at radius 3 is 2.72 bits per heavy atom. The van der Waals surface area contributed by atoms with Crippen molar-refractivity contribution in [2.45, 2.75) is 44.9 Å². The van der Waals surface area contributed by atoms with Crippen molar-refractivity contribution in [3.8, 4) is 5.75 Å². The van der Waals surface area contributed by atoms with Gasteiger partial charge in [-0.15, -0.1) is 0 Å². The van der Waals surface area contributed by atoms with Crippen LogP contribution in [-0.4, -0.2) is 48.0 Å². The number of nitrogens with zero attached hydrogens (tertiary/aromatic N) is 3. The van der Waals surface area contributed by atoms with Crippen LogP contribution < -0.4 is 15.4 Å². The number of hydrogen-bond donors (Lipinski definition) is 2. The van der Waals surface area contributed by atoms with Crippen LogP contribution in [0.25, 0.3) is 10.9 Å². The lowest BCUT2D eigenvalue weighted by Crippen LogP contribution is -2.41. The monoisotopic (exact) mass is 551 g/mol. The summed E-state index contributed by atoms with van der Waals surface area (Å²) >= 11 is 5.97. The molecule has 2 aromatic carbocycles. The molecule has 2 saturated carbocycles. The second-order valence-electron chi connectivity index (χ2n) is 11.1. The van der Waals surface area contributed by atoms with Gasteiger partial charge in [0.05, 0.1) is 22.8 Å². The van der Waals surface area contributed by atoms with Gasteiger partial charge in [0.25, 0.3) is 0 Å². The van der Waals surface area contributed by atoms with Crippen LogP contribution in [0.1, 0.15) is 44.9 Å². The Morgan fingerprint density at radius 2 is 1.97 bits per heavy atom. The van der Waals surface area contributed by atoms with Crippen molar-refractivity contribution in [3.05, 3.63) is 59.7 Å². The number of amides is 1. The highest BCUT2D eigenvalue weighted by atomic mass is 35.5. The number of fused-ring (bicyclic) bond motifs is 1. The summed E-state index contributed by atoms with van der Waals surface area (Å²) in [6.07, 6.45) is 13.9. The first-order chi connectivity index (χ1) is 18.8. The van der Waals surface area contributed by atoms with Gasteiger partial charge in [-0.25, -0.2) is 14.4 Å². The zero-order chi connectivity index (χ0) is 27.4. The van der Waals surface area contributed by atoms with E-state index < -0.39 is 5.82 Å². The number of carbonyl (C=O) groups is 1. The third-order valence-electron chi connectivity index (χ3n) is 7.75. The number of carbonyl (C=O) groups excluding carboxylic acids is 1. The third-order valence-corrected chi connectivity index (χ3v) is 8.04. The van der Waals surface area contributed by atoms with E-state index in [4.69, 9.17) is 16.3 Å². The zero-order valence-corrected chi connectivity index (χ0v) is 23.2. The van der Waals surface area contributed by atoms with Gasteiger partial charge in [-0.1, -0.05) is 36.9 Å². The maximum absolute atomic E-state index is 13.7. The predicted molar refractivity (Wildman–Crippen MR) is 154 cm³/mol. The first-order valence-corrected chi connectivity index (χ1v) is 13.9. The van der Waals surface area contributed by atoms with Gasteiger partial charge < -0.3 is 20.3 Å². The zero-order valence-electron chi connectivity index (χ0n) is 22.5. The maximum atomic E-state index is 13.7. The molecule has 2 aliphatic rings. The van der Waals surface area contributed by atoms with Gasteiger partial charge in [0.2, 0.25) is 5.91 Å². The molecule has 0 unspecified atom stereocenters. The fourth-order valence-electron chi connectivity index (χ4n) is 5.86. The van der Waals surface area contributed by atoms with Crippen LogP contribution in [0.5, 0.6) is 5.75 Å². The van der Waals surface area contributed by atoms with E-state index in [1.807, 2.05) is 37.2 Å². The van der Waals surface area contributed by atoms with Gasteiger partial charge in [0.15, 0.2) is 0 Å². The first-order valence-electron chi connectivity index (χ1n) is 13.6. The second-order valence-corrected chi connectivity index (χ2v) is 11.5. The summed E-state index contributed by atoms with van der Waals surface area (Å²) in [4.78, 5) is 23.6. The summed E-state index contributed by atoms with van der Waals surface area (Å²) in [6.45, 7) is 1.26. The van der Waals surface area contributed by atoms with Gasteiger partial charge in [-0.05, 0) is 75.4 Å². The third kappa shape index (κ3) is 6.68. The smallest absolute Gasteiger partial charge is 0.248 e. The number of aromatic nitrogens is 2. The van der Waals surface area contributed by atoms with Crippen LogP contribution in [0.15, 0.2) is 48.8 Å². The largest absolute Gasteiger partial charge is 0.491 e. The molecular formula is C30H35ClFN5O2. The topological polar surface area (TPSA) is 79.4 Å². The number of anilines is 3. The highest BCUT2D eigenvalue weighted by Crippen LogP contribution is 2.54. The fraction of sp³-hybridized carbons (Fsp3) is 0.433. The van der Waals surface area contributed by atoms with Crippen LogP contribution in [0.2, 0.25) is 5.02 Å². The predicted octanol–water partition coefficient (Wildman–Crippen LogP) is 6.96. The summed E-state index contributed by atoms with van der Waals surface area (Å²) in [7, 11) is 3.89. The summed E-state index contributed by atoms with van der Waals surface area (Å²) in [5.74, 6) is 0.863.